The number of benzene rings is 1. The molecule has 2 aliphatic rings. The first-order valence-electron chi connectivity index (χ1n) is 8.58. The SMILES string of the molecule is CC1CCC(c2ccc3sc(CC4COC4(C)C)nc3c2)=NC1. The molecule has 1 aromatic carbocycles. The number of thiazole rings is 1. The van der Waals surface area contributed by atoms with Crippen molar-refractivity contribution in [2.45, 2.75) is 45.6 Å². The highest BCUT2D eigenvalue weighted by Gasteiger charge is 2.40. The van der Waals surface area contributed by atoms with Crippen LogP contribution in [0.1, 0.15) is 44.2 Å². The summed E-state index contributed by atoms with van der Waals surface area (Å²) in [7, 11) is 0. The van der Waals surface area contributed by atoms with Gasteiger partial charge >= 0.3 is 0 Å². The van der Waals surface area contributed by atoms with Crippen molar-refractivity contribution in [2.75, 3.05) is 13.2 Å². The van der Waals surface area contributed by atoms with Gasteiger partial charge < -0.3 is 4.74 Å². The molecule has 4 rings (SSSR count). The molecule has 0 bridgehead atoms. The van der Waals surface area contributed by atoms with Gasteiger partial charge in [-0.1, -0.05) is 13.0 Å². The van der Waals surface area contributed by atoms with Crippen LogP contribution in [-0.2, 0) is 11.2 Å². The number of rotatable bonds is 3. The van der Waals surface area contributed by atoms with E-state index in [1.54, 1.807) is 0 Å². The summed E-state index contributed by atoms with van der Waals surface area (Å²) < 4.78 is 6.93. The van der Waals surface area contributed by atoms with Gasteiger partial charge in [0.1, 0.15) is 0 Å². The van der Waals surface area contributed by atoms with E-state index >= 15 is 0 Å². The van der Waals surface area contributed by atoms with Gasteiger partial charge in [0.15, 0.2) is 0 Å². The molecule has 0 aliphatic carbocycles. The molecular formula is C19H24N2OS. The molecule has 2 atom stereocenters. The molecule has 4 heteroatoms. The van der Waals surface area contributed by atoms with E-state index in [0.717, 1.165) is 37.4 Å². The Kier molecular flexibility index (Phi) is 3.77. The second kappa shape index (κ2) is 5.67. The first-order valence-corrected chi connectivity index (χ1v) is 9.40. The standard InChI is InChI=1S/C19H24N2OS/c1-12-4-6-15(20-10-12)13-5-7-17-16(8-13)21-18(23-17)9-14-11-22-19(14,2)3/h5,7-8,12,14H,4,6,9-11H2,1-3H3. The number of hydrogen-bond donors (Lipinski definition) is 0. The van der Waals surface area contributed by atoms with Gasteiger partial charge in [0.05, 0.1) is 27.4 Å². The van der Waals surface area contributed by atoms with Crippen LogP contribution in [-0.4, -0.2) is 29.4 Å². The molecule has 0 radical (unpaired) electrons. The van der Waals surface area contributed by atoms with Crippen LogP contribution in [0.3, 0.4) is 0 Å². The summed E-state index contributed by atoms with van der Waals surface area (Å²) in [6.45, 7) is 8.46. The Morgan fingerprint density at radius 3 is 2.87 bits per heavy atom. The van der Waals surface area contributed by atoms with E-state index in [0.29, 0.717) is 5.92 Å². The smallest absolute Gasteiger partial charge is 0.0943 e. The maximum Gasteiger partial charge on any atom is 0.0943 e. The molecule has 2 aliphatic heterocycles. The van der Waals surface area contributed by atoms with Crippen molar-refractivity contribution < 1.29 is 4.74 Å². The van der Waals surface area contributed by atoms with Gasteiger partial charge in [-0.25, -0.2) is 4.98 Å². The maximum absolute atomic E-state index is 5.65. The number of fused-ring (bicyclic) bond motifs is 1. The average Bonchev–Trinajstić information content (AvgIpc) is 2.94. The second-order valence-corrected chi connectivity index (χ2v) is 8.65. The molecule has 3 heterocycles. The topological polar surface area (TPSA) is 34.5 Å². The zero-order valence-corrected chi connectivity index (χ0v) is 14.9. The van der Waals surface area contributed by atoms with E-state index in [1.165, 1.54) is 27.4 Å². The minimum absolute atomic E-state index is 0.0105. The molecule has 2 aromatic rings. The summed E-state index contributed by atoms with van der Waals surface area (Å²) in [4.78, 5) is 9.64. The first-order chi connectivity index (χ1) is 11.0. The lowest BCUT2D eigenvalue weighted by molar-refractivity contribution is -0.180. The predicted octanol–water partition coefficient (Wildman–Crippen LogP) is 4.48. The van der Waals surface area contributed by atoms with Gasteiger partial charge in [-0.15, -0.1) is 11.3 Å². The zero-order valence-electron chi connectivity index (χ0n) is 14.1. The summed E-state index contributed by atoms with van der Waals surface area (Å²) >= 11 is 1.82. The Morgan fingerprint density at radius 1 is 1.35 bits per heavy atom. The third-order valence-electron chi connectivity index (χ3n) is 5.29. The number of ether oxygens (including phenoxy) is 1. The minimum atomic E-state index is 0.0105. The Bertz CT molecular complexity index is 762. The van der Waals surface area contributed by atoms with Gasteiger partial charge in [-0.05, 0) is 50.3 Å². The van der Waals surface area contributed by atoms with Crippen molar-refractivity contribution in [3.05, 3.63) is 28.8 Å². The van der Waals surface area contributed by atoms with E-state index in [1.807, 2.05) is 11.3 Å². The monoisotopic (exact) mass is 328 g/mol. The van der Waals surface area contributed by atoms with E-state index in [9.17, 15) is 0 Å². The summed E-state index contributed by atoms with van der Waals surface area (Å²) in [5.41, 5.74) is 3.65. The van der Waals surface area contributed by atoms with Gasteiger partial charge in [0.2, 0.25) is 0 Å². The number of aromatic nitrogens is 1. The lowest BCUT2D eigenvalue weighted by Gasteiger charge is -2.44. The van der Waals surface area contributed by atoms with E-state index in [4.69, 9.17) is 14.7 Å². The molecule has 0 saturated carbocycles. The second-order valence-electron chi connectivity index (χ2n) is 7.54. The Labute approximate surface area is 141 Å². The van der Waals surface area contributed by atoms with Crippen LogP contribution in [0.2, 0.25) is 0 Å². The van der Waals surface area contributed by atoms with Crippen LogP contribution in [0.15, 0.2) is 23.2 Å². The highest BCUT2D eigenvalue weighted by Crippen LogP contribution is 2.36. The van der Waals surface area contributed by atoms with Crippen LogP contribution < -0.4 is 0 Å². The maximum atomic E-state index is 5.65. The number of nitrogens with zero attached hydrogens (tertiary/aromatic N) is 2. The van der Waals surface area contributed by atoms with Crippen LogP contribution >= 0.6 is 11.3 Å². The van der Waals surface area contributed by atoms with Crippen molar-refractivity contribution in [1.82, 2.24) is 4.98 Å². The summed E-state index contributed by atoms with van der Waals surface area (Å²) in [6.07, 6.45) is 3.37. The third kappa shape index (κ3) is 2.94. The fourth-order valence-corrected chi connectivity index (χ4v) is 4.37. The molecule has 1 saturated heterocycles. The van der Waals surface area contributed by atoms with Gasteiger partial charge in [0.25, 0.3) is 0 Å². The molecule has 0 spiro atoms. The summed E-state index contributed by atoms with van der Waals surface area (Å²) in [6, 6.07) is 6.66. The van der Waals surface area contributed by atoms with Crippen molar-refractivity contribution in [2.24, 2.45) is 16.8 Å². The summed E-state index contributed by atoms with van der Waals surface area (Å²) in [5, 5.41) is 1.23. The molecule has 3 nitrogen and oxygen atoms in total. The van der Waals surface area contributed by atoms with Crippen LogP contribution in [0.5, 0.6) is 0 Å². The van der Waals surface area contributed by atoms with Gasteiger partial charge in [0, 0.05) is 24.6 Å². The lowest BCUT2D eigenvalue weighted by Crippen LogP contribution is -2.49. The third-order valence-corrected chi connectivity index (χ3v) is 6.35. The van der Waals surface area contributed by atoms with E-state index in [-0.39, 0.29) is 5.60 Å². The molecule has 1 fully saturated rings. The lowest BCUT2D eigenvalue weighted by atomic mass is 9.84. The Morgan fingerprint density at radius 2 is 2.22 bits per heavy atom. The van der Waals surface area contributed by atoms with Gasteiger partial charge in [-0.3, -0.25) is 4.99 Å². The highest BCUT2D eigenvalue weighted by atomic mass is 32.1. The van der Waals surface area contributed by atoms with Crippen molar-refractivity contribution in [3.63, 3.8) is 0 Å². The molecule has 0 amide bonds. The Hall–Kier alpha value is -1.26. The summed E-state index contributed by atoms with van der Waals surface area (Å²) in [5.74, 6) is 1.31. The predicted molar refractivity (Wildman–Crippen MR) is 96.6 cm³/mol. The van der Waals surface area contributed by atoms with Crippen LogP contribution in [0, 0.1) is 11.8 Å². The first kappa shape index (κ1) is 15.3. The van der Waals surface area contributed by atoms with Crippen LogP contribution in [0.4, 0.5) is 0 Å². The normalized spacial score (nSPS) is 26.8. The van der Waals surface area contributed by atoms with E-state index in [2.05, 4.69) is 39.0 Å². The van der Waals surface area contributed by atoms with Crippen LogP contribution in [0.25, 0.3) is 10.2 Å². The molecule has 122 valence electrons. The molecule has 2 unspecified atom stereocenters. The fourth-order valence-electron chi connectivity index (χ4n) is 3.35. The quantitative estimate of drug-likeness (QED) is 0.832. The zero-order chi connectivity index (χ0) is 16.0. The van der Waals surface area contributed by atoms with E-state index < -0.39 is 0 Å². The molecule has 23 heavy (non-hydrogen) atoms. The molecule has 1 aromatic heterocycles. The molecule has 0 N–H and O–H groups in total. The number of aliphatic imine (C=N–C) groups is 1. The van der Waals surface area contributed by atoms with Crippen molar-refractivity contribution >= 4 is 27.3 Å². The van der Waals surface area contributed by atoms with Crippen molar-refractivity contribution in [3.8, 4) is 0 Å². The van der Waals surface area contributed by atoms with Gasteiger partial charge in [-0.2, -0.15) is 0 Å². The fraction of sp³-hybridized carbons (Fsp3) is 0.579. The Balaban J connectivity index is 1.57. The highest BCUT2D eigenvalue weighted by molar-refractivity contribution is 7.18. The minimum Gasteiger partial charge on any atom is -0.375 e. The van der Waals surface area contributed by atoms with Crippen molar-refractivity contribution in [1.29, 1.82) is 0 Å². The molecular weight excluding hydrogens is 304 g/mol. The number of hydrogen-bond acceptors (Lipinski definition) is 4. The average molecular weight is 328 g/mol. The largest absolute Gasteiger partial charge is 0.375 e.